The SMILES string of the molecule is CCC(=O)Nc1ccc(C2=C(COc3ccc4c(c3)C(=O)CC4)CCNCC2)cc1. The molecule has 30 heavy (non-hydrogen) atoms. The number of ketones is 1. The van der Waals surface area contributed by atoms with Crippen molar-refractivity contribution in [3.8, 4) is 5.75 Å². The molecular weight excluding hydrogens is 376 g/mol. The van der Waals surface area contributed by atoms with Crippen LogP contribution in [-0.2, 0) is 11.2 Å². The van der Waals surface area contributed by atoms with Crippen LogP contribution in [0.1, 0.15) is 54.1 Å². The van der Waals surface area contributed by atoms with Gasteiger partial charge in [0.2, 0.25) is 5.91 Å². The molecule has 5 nitrogen and oxygen atoms in total. The van der Waals surface area contributed by atoms with Gasteiger partial charge in [-0.25, -0.2) is 0 Å². The summed E-state index contributed by atoms with van der Waals surface area (Å²) < 4.78 is 6.12. The van der Waals surface area contributed by atoms with Crippen molar-refractivity contribution in [1.82, 2.24) is 5.32 Å². The third-order valence-corrected chi connectivity index (χ3v) is 5.84. The number of anilines is 1. The second kappa shape index (κ2) is 9.26. The molecule has 0 saturated carbocycles. The maximum atomic E-state index is 12.0. The Kier molecular flexibility index (Phi) is 6.29. The summed E-state index contributed by atoms with van der Waals surface area (Å²) in [5.41, 5.74) is 6.49. The lowest BCUT2D eigenvalue weighted by Gasteiger charge is -2.15. The number of Topliss-reactive ketones (excluding diaryl/α,β-unsaturated/α-hetero) is 1. The molecule has 0 radical (unpaired) electrons. The Morgan fingerprint density at radius 1 is 1.03 bits per heavy atom. The molecule has 5 heteroatoms. The van der Waals surface area contributed by atoms with Crippen molar-refractivity contribution in [2.24, 2.45) is 0 Å². The van der Waals surface area contributed by atoms with E-state index in [-0.39, 0.29) is 11.7 Å². The van der Waals surface area contributed by atoms with E-state index < -0.39 is 0 Å². The van der Waals surface area contributed by atoms with Crippen molar-refractivity contribution >= 4 is 23.0 Å². The summed E-state index contributed by atoms with van der Waals surface area (Å²) in [6, 6.07) is 13.9. The summed E-state index contributed by atoms with van der Waals surface area (Å²) in [5, 5.41) is 6.36. The van der Waals surface area contributed by atoms with Crippen LogP contribution in [0.4, 0.5) is 5.69 Å². The Morgan fingerprint density at radius 2 is 1.83 bits per heavy atom. The molecular formula is C25H28N2O3. The molecule has 2 N–H and O–H groups in total. The number of amides is 1. The van der Waals surface area contributed by atoms with Gasteiger partial charge in [-0.2, -0.15) is 0 Å². The molecule has 0 atom stereocenters. The van der Waals surface area contributed by atoms with Gasteiger partial charge in [-0.15, -0.1) is 0 Å². The fourth-order valence-corrected chi connectivity index (χ4v) is 4.09. The largest absolute Gasteiger partial charge is 0.489 e. The predicted molar refractivity (Wildman–Crippen MR) is 119 cm³/mol. The molecule has 0 unspecified atom stereocenters. The number of hydrogen-bond donors (Lipinski definition) is 2. The molecule has 1 aliphatic carbocycles. The van der Waals surface area contributed by atoms with Crippen LogP contribution in [0.2, 0.25) is 0 Å². The maximum absolute atomic E-state index is 12.0. The molecule has 0 fully saturated rings. The van der Waals surface area contributed by atoms with Gasteiger partial charge >= 0.3 is 0 Å². The van der Waals surface area contributed by atoms with Crippen molar-refractivity contribution in [2.45, 2.75) is 39.0 Å². The summed E-state index contributed by atoms with van der Waals surface area (Å²) >= 11 is 0. The zero-order valence-corrected chi connectivity index (χ0v) is 17.4. The summed E-state index contributed by atoms with van der Waals surface area (Å²) in [5.74, 6) is 0.984. The van der Waals surface area contributed by atoms with E-state index in [4.69, 9.17) is 4.74 Å². The topological polar surface area (TPSA) is 67.4 Å². The summed E-state index contributed by atoms with van der Waals surface area (Å²) in [7, 11) is 0. The first kappa shape index (κ1) is 20.4. The number of carbonyl (C=O) groups is 2. The number of carbonyl (C=O) groups excluding carboxylic acids is 2. The van der Waals surface area contributed by atoms with Gasteiger partial charge in [0.05, 0.1) is 0 Å². The summed E-state index contributed by atoms with van der Waals surface area (Å²) in [6.45, 7) is 4.21. The van der Waals surface area contributed by atoms with Crippen molar-refractivity contribution in [3.05, 3.63) is 64.7 Å². The Hall–Kier alpha value is -2.92. The number of benzene rings is 2. The third-order valence-electron chi connectivity index (χ3n) is 5.84. The Balaban J connectivity index is 1.52. The minimum absolute atomic E-state index is 0.0162. The zero-order valence-electron chi connectivity index (χ0n) is 17.4. The van der Waals surface area contributed by atoms with Gasteiger partial charge in [0.15, 0.2) is 5.78 Å². The van der Waals surface area contributed by atoms with E-state index in [1.165, 1.54) is 11.1 Å². The zero-order chi connectivity index (χ0) is 20.9. The standard InChI is InChI=1S/C25H28N2O3/c1-2-25(29)27-20-7-3-17(4-8-20)22-12-14-26-13-11-19(22)16-30-21-9-5-18-6-10-24(28)23(18)15-21/h3-5,7-9,15,26H,2,6,10-14,16H2,1H3,(H,27,29). The van der Waals surface area contributed by atoms with Crippen LogP contribution in [0, 0.1) is 0 Å². The smallest absolute Gasteiger partial charge is 0.224 e. The highest BCUT2D eigenvalue weighted by Crippen LogP contribution is 2.29. The molecule has 1 heterocycles. The molecule has 4 rings (SSSR count). The number of fused-ring (bicyclic) bond motifs is 1. The second-order valence-corrected chi connectivity index (χ2v) is 7.84. The minimum atomic E-state index is 0.0162. The van der Waals surface area contributed by atoms with Crippen LogP contribution < -0.4 is 15.4 Å². The third kappa shape index (κ3) is 4.62. The lowest BCUT2D eigenvalue weighted by atomic mass is 9.96. The first-order valence-corrected chi connectivity index (χ1v) is 10.7. The normalized spacial score (nSPS) is 16.2. The minimum Gasteiger partial charge on any atom is -0.489 e. The number of hydrogen-bond acceptors (Lipinski definition) is 4. The molecule has 2 aliphatic rings. The number of ether oxygens (including phenoxy) is 1. The van der Waals surface area contributed by atoms with Gasteiger partial charge in [0.1, 0.15) is 12.4 Å². The quantitative estimate of drug-likeness (QED) is 0.750. The van der Waals surface area contributed by atoms with E-state index >= 15 is 0 Å². The predicted octanol–water partition coefficient (Wildman–Crippen LogP) is 4.38. The maximum Gasteiger partial charge on any atom is 0.224 e. The summed E-state index contributed by atoms with van der Waals surface area (Å²) in [6.07, 6.45) is 3.77. The summed E-state index contributed by atoms with van der Waals surface area (Å²) in [4.78, 5) is 23.6. The van der Waals surface area contributed by atoms with Gasteiger partial charge < -0.3 is 15.4 Å². The van der Waals surface area contributed by atoms with Crippen LogP contribution in [-0.4, -0.2) is 31.4 Å². The highest BCUT2D eigenvalue weighted by atomic mass is 16.5. The van der Waals surface area contributed by atoms with Crippen LogP contribution in [0.3, 0.4) is 0 Å². The molecule has 1 amide bonds. The van der Waals surface area contributed by atoms with Crippen molar-refractivity contribution < 1.29 is 14.3 Å². The van der Waals surface area contributed by atoms with Gasteiger partial charge in [0.25, 0.3) is 0 Å². The number of aryl methyl sites for hydroxylation is 1. The highest BCUT2D eigenvalue weighted by Gasteiger charge is 2.20. The number of rotatable bonds is 6. The first-order chi connectivity index (χ1) is 14.6. The second-order valence-electron chi connectivity index (χ2n) is 7.84. The lowest BCUT2D eigenvalue weighted by molar-refractivity contribution is -0.115. The van der Waals surface area contributed by atoms with Gasteiger partial charge in [-0.3, -0.25) is 9.59 Å². The molecule has 1 aliphatic heterocycles. The van der Waals surface area contributed by atoms with Crippen LogP contribution >= 0.6 is 0 Å². The molecule has 2 aromatic carbocycles. The molecule has 156 valence electrons. The fraction of sp³-hybridized carbons (Fsp3) is 0.360. The fourth-order valence-electron chi connectivity index (χ4n) is 4.09. The number of nitrogens with one attached hydrogen (secondary N) is 2. The molecule has 0 bridgehead atoms. The van der Waals surface area contributed by atoms with E-state index in [9.17, 15) is 9.59 Å². The van der Waals surface area contributed by atoms with E-state index in [1.54, 1.807) is 0 Å². The Morgan fingerprint density at radius 3 is 2.63 bits per heavy atom. The highest BCUT2D eigenvalue weighted by molar-refractivity contribution is 6.00. The van der Waals surface area contributed by atoms with E-state index in [0.717, 1.165) is 60.5 Å². The van der Waals surface area contributed by atoms with E-state index in [0.29, 0.717) is 19.4 Å². The van der Waals surface area contributed by atoms with Crippen LogP contribution in [0.25, 0.3) is 5.57 Å². The first-order valence-electron chi connectivity index (χ1n) is 10.7. The molecule has 0 saturated heterocycles. The van der Waals surface area contributed by atoms with Gasteiger partial charge in [0, 0.05) is 24.1 Å². The monoisotopic (exact) mass is 404 g/mol. The Bertz CT molecular complexity index is 976. The van der Waals surface area contributed by atoms with Crippen LogP contribution in [0.5, 0.6) is 5.75 Å². The van der Waals surface area contributed by atoms with Crippen molar-refractivity contribution in [3.63, 3.8) is 0 Å². The van der Waals surface area contributed by atoms with Crippen molar-refractivity contribution in [1.29, 1.82) is 0 Å². The average molecular weight is 405 g/mol. The van der Waals surface area contributed by atoms with E-state index in [1.807, 2.05) is 37.3 Å². The van der Waals surface area contributed by atoms with E-state index in [2.05, 4.69) is 22.8 Å². The lowest BCUT2D eigenvalue weighted by Crippen LogP contribution is -2.14. The average Bonchev–Trinajstić information content (AvgIpc) is 2.98. The molecule has 2 aromatic rings. The molecule has 0 aromatic heterocycles. The molecule has 0 spiro atoms. The van der Waals surface area contributed by atoms with Crippen molar-refractivity contribution in [2.75, 3.05) is 25.0 Å². The van der Waals surface area contributed by atoms with Gasteiger partial charge in [-0.1, -0.05) is 25.1 Å². The van der Waals surface area contributed by atoms with Gasteiger partial charge in [-0.05, 0) is 78.9 Å². The Labute approximate surface area is 177 Å². The van der Waals surface area contributed by atoms with Crippen LogP contribution in [0.15, 0.2) is 48.0 Å².